The summed E-state index contributed by atoms with van der Waals surface area (Å²) < 4.78 is 13.4. The van der Waals surface area contributed by atoms with Gasteiger partial charge in [0.2, 0.25) is 0 Å². The molecule has 0 radical (unpaired) electrons. The molecule has 0 saturated carbocycles. The fraction of sp³-hybridized carbons (Fsp3) is 0.200. The minimum atomic E-state index is -1.67. The summed E-state index contributed by atoms with van der Waals surface area (Å²) in [4.78, 5) is 21.2. The molecule has 6 heteroatoms. The molecule has 0 spiro atoms. The Bertz CT molecular complexity index is 419. The third-order valence-electron chi connectivity index (χ3n) is 2.05. The molecule has 0 fully saturated rings. The molecule has 1 rings (SSSR count). The van der Waals surface area contributed by atoms with Crippen molar-refractivity contribution >= 4 is 23.5 Å². The Kier molecular flexibility index (Phi) is 3.84. The molecule has 86 valence electrons. The Morgan fingerprint density at radius 2 is 1.88 bits per heavy atom. The molecule has 1 aromatic rings. The number of benzene rings is 1. The zero-order valence-electron chi connectivity index (χ0n) is 7.98. The van der Waals surface area contributed by atoms with E-state index in [-0.39, 0.29) is 10.6 Å². The summed E-state index contributed by atoms with van der Waals surface area (Å²) in [7, 11) is 0. The van der Waals surface area contributed by atoms with Crippen LogP contribution in [-0.4, -0.2) is 22.2 Å². The summed E-state index contributed by atoms with van der Waals surface area (Å²) >= 11 is 5.49. The third-order valence-corrected chi connectivity index (χ3v) is 2.34. The van der Waals surface area contributed by atoms with Crippen LogP contribution in [0.4, 0.5) is 4.39 Å². The van der Waals surface area contributed by atoms with Crippen molar-refractivity contribution in [2.24, 2.45) is 5.92 Å². The van der Waals surface area contributed by atoms with Crippen molar-refractivity contribution in [1.29, 1.82) is 0 Å². The van der Waals surface area contributed by atoms with Gasteiger partial charge in [-0.15, -0.1) is 0 Å². The molecule has 0 atom stereocenters. The van der Waals surface area contributed by atoms with E-state index in [1.54, 1.807) is 0 Å². The van der Waals surface area contributed by atoms with Crippen molar-refractivity contribution in [3.63, 3.8) is 0 Å². The van der Waals surface area contributed by atoms with E-state index in [1.807, 2.05) is 0 Å². The lowest BCUT2D eigenvalue weighted by Gasteiger charge is -2.08. The van der Waals surface area contributed by atoms with Crippen LogP contribution in [0.25, 0.3) is 0 Å². The fourth-order valence-corrected chi connectivity index (χ4v) is 1.40. The zero-order chi connectivity index (χ0) is 12.3. The highest BCUT2D eigenvalue weighted by Crippen LogP contribution is 2.20. The molecule has 0 amide bonds. The summed E-state index contributed by atoms with van der Waals surface area (Å²) in [5, 5.41) is 17.1. The van der Waals surface area contributed by atoms with Gasteiger partial charge in [0, 0.05) is 0 Å². The smallest absolute Gasteiger partial charge is 0.318 e. The molecule has 0 aliphatic carbocycles. The van der Waals surface area contributed by atoms with E-state index in [0.29, 0.717) is 0 Å². The van der Waals surface area contributed by atoms with Crippen LogP contribution in [0.3, 0.4) is 0 Å². The first-order valence-corrected chi connectivity index (χ1v) is 4.69. The first kappa shape index (κ1) is 12.4. The van der Waals surface area contributed by atoms with E-state index in [9.17, 15) is 14.0 Å². The molecular weight excluding hydrogens is 239 g/mol. The quantitative estimate of drug-likeness (QED) is 0.795. The normalized spacial score (nSPS) is 10.4. The number of rotatable bonds is 4. The second kappa shape index (κ2) is 4.94. The number of halogens is 2. The largest absolute Gasteiger partial charge is 0.481 e. The second-order valence-electron chi connectivity index (χ2n) is 3.15. The summed E-state index contributed by atoms with van der Waals surface area (Å²) in [6.45, 7) is 0. The van der Waals surface area contributed by atoms with Gasteiger partial charge in [-0.25, -0.2) is 4.39 Å². The summed E-state index contributed by atoms with van der Waals surface area (Å²) in [6, 6.07) is 4.04. The van der Waals surface area contributed by atoms with E-state index >= 15 is 0 Å². The van der Waals surface area contributed by atoms with Crippen molar-refractivity contribution in [3.05, 3.63) is 34.6 Å². The van der Waals surface area contributed by atoms with Gasteiger partial charge in [-0.2, -0.15) is 0 Å². The first-order chi connectivity index (χ1) is 7.43. The average molecular weight is 247 g/mol. The van der Waals surface area contributed by atoms with Gasteiger partial charge in [0.15, 0.2) is 5.92 Å². The molecule has 16 heavy (non-hydrogen) atoms. The molecule has 0 aliphatic heterocycles. The predicted octanol–water partition coefficient (Wildman–Crippen LogP) is 1.81. The standard InChI is InChI=1S/C10H8ClFO4/c11-7-3-1-2-5(8(7)12)4-6(9(13)14)10(15)16/h1-3,6H,4H2,(H,13,14)(H,15,16). The van der Waals surface area contributed by atoms with Gasteiger partial charge in [0.25, 0.3) is 0 Å². The molecular formula is C10H8ClFO4. The van der Waals surface area contributed by atoms with E-state index in [4.69, 9.17) is 21.8 Å². The molecule has 0 bridgehead atoms. The SMILES string of the molecule is O=C(O)C(Cc1cccc(Cl)c1F)C(=O)O. The molecule has 0 saturated heterocycles. The Balaban J connectivity index is 2.98. The van der Waals surface area contributed by atoms with Crippen LogP contribution in [0.5, 0.6) is 0 Å². The maximum atomic E-state index is 13.4. The van der Waals surface area contributed by atoms with Crippen molar-refractivity contribution < 1.29 is 24.2 Å². The molecule has 2 N–H and O–H groups in total. The number of aliphatic carboxylic acids is 2. The molecule has 0 heterocycles. The van der Waals surface area contributed by atoms with Crippen molar-refractivity contribution in [1.82, 2.24) is 0 Å². The van der Waals surface area contributed by atoms with Crippen LogP contribution in [0.15, 0.2) is 18.2 Å². The first-order valence-electron chi connectivity index (χ1n) is 4.32. The van der Waals surface area contributed by atoms with Crippen LogP contribution >= 0.6 is 11.6 Å². The van der Waals surface area contributed by atoms with Gasteiger partial charge in [0.05, 0.1) is 5.02 Å². The van der Waals surface area contributed by atoms with Crippen LogP contribution < -0.4 is 0 Å². The van der Waals surface area contributed by atoms with Gasteiger partial charge < -0.3 is 10.2 Å². The maximum Gasteiger partial charge on any atom is 0.318 e. The minimum Gasteiger partial charge on any atom is -0.481 e. The lowest BCUT2D eigenvalue weighted by molar-refractivity contribution is -0.154. The summed E-state index contributed by atoms with van der Waals surface area (Å²) in [6.07, 6.45) is -0.433. The van der Waals surface area contributed by atoms with Gasteiger partial charge in [-0.05, 0) is 18.1 Å². The number of carboxylic acid groups (broad SMARTS) is 2. The number of carboxylic acids is 2. The second-order valence-corrected chi connectivity index (χ2v) is 3.55. The number of carbonyl (C=O) groups is 2. The third kappa shape index (κ3) is 2.70. The number of hydrogen-bond donors (Lipinski definition) is 2. The fourth-order valence-electron chi connectivity index (χ4n) is 1.21. The summed E-state index contributed by atoms with van der Waals surface area (Å²) in [5.41, 5.74) is -0.0256. The topological polar surface area (TPSA) is 74.6 Å². The van der Waals surface area contributed by atoms with Crippen LogP contribution in [0.1, 0.15) is 5.56 Å². The van der Waals surface area contributed by atoms with Gasteiger partial charge in [-0.1, -0.05) is 23.7 Å². The van der Waals surface area contributed by atoms with Gasteiger partial charge in [0.1, 0.15) is 5.82 Å². The lowest BCUT2D eigenvalue weighted by Crippen LogP contribution is -2.25. The zero-order valence-corrected chi connectivity index (χ0v) is 8.74. The molecule has 4 nitrogen and oxygen atoms in total. The Morgan fingerprint density at radius 3 is 2.38 bits per heavy atom. The van der Waals surface area contributed by atoms with Gasteiger partial charge in [-0.3, -0.25) is 9.59 Å². The Hall–Kier alpha value is -1.62. The maximum absolute atomic E-state index is 13.4. The highest BCUT2D eigenvalue weighted by atomic mass is 35.5. The molecule has 1 aromatic carbocycles. The van der Waals surface area contributed by atoms with E-state index < -0.39 is 30.1 Å². The Labute approximate surface area is 95.3 Å². The van der Waals surface area contributed by atoms with Gasteiger partial charge >= 0.3 is 11.9 Å². The van der Waals surface area contributed by atoms with Crippen LogP contribution in [0, 0.1) is 11.7 Å². The monoisotopic (exact) mass is 246 g/mol. The van der Waals surface area contributed by atoms with E-state index in [2.05, 4.69) is 0 Å². The number of hydrogen-bond acceptors (Lipinski definition) is 2. The lowest BCUT2D eigenvalue weighted by atomic mass is 9.99. The van der Waals surface area contributed by atoms with E-state index in [0.717, 1.165) is 0 Å². The van der Waals surface area contributed by atoms with Crippen molar-refractivity contribution in [2.75, 3.05) is 0 Å². The average Bonchev–Trinajstić information content (AvgIpc) is 2.19. The minimum absolute atomic E-state index is 0.0256. The molecule has 0 unspecified atom stereocenters. The van der Waals surface area contributed by atoms with E-state index in [1.165, 1.54) is 18.2 Å². The predicted molar refractivity (Wildman–Crippen MR) is 53.9 cm³/mol. The van der Waals surface area contributed by atoms with Crippen molar-refractivity contribution in [2.45, 2.75) is 6.42 Å². The molecule has 0 aliphatic rings. The Morgan fingerprint density at radius 1 is 1.31 bits per heavy atom. The molecule has 0 aromatic heterocycles. The summed E-state index contributed by atoms with van der Waals surface area (Å²) in [5.74, 6) is -5.47. The van der Waals surface area contributed by atoms with Crippen LogP contribution in [-0.2, 0) is 16.0 Å². The van der Waals surface area contributed by atoms with Crippen molar-refractivity contribution in [3.8, 4) is 0 Å². The van der Waals surface area contributed by atoms with Crippen LogP contribution in [0.2, 0.25) is 5.02 Å². The highest BCUT2D eigenvalue weighted by molar-refractivity contribution is 6.30. The highest BCUT2D eigenvalue weighted by Gasteiger charge is 2.27.